The van der Waals surface area contributed by atoms with Crippen LogP contribution >= 0.6 is 11.6 Å². The van der Waals surface area contributed by atoms with Gasteiger partial charge in [-0.25, -0.2) is 0 Å². The maximum absolute atomic E-state index is 12.0. The van der Waals surface area contributed by atoms with Gasteiger partial charge in [-0.1, -0.05) is 23.7 Å². The largest absolute Gasteiger partial charge is 0.399 e. The highest BCUT2D eigenvalue weighted by atomic mass is 35.5. The Hall–Kier alpha value is -2.00. The van der Waals surface area contributed by atoms with Gasteiger partial charge in [0.15, 0.2) is 0 Å². The van der Waals surface area contributed by atoms with Crippen LogP contribution in [0.4, 0.5) is 5.69 Å². The molecule has 0 aromatic heterocycles. The van der Waals surface area contributed by atoms with E-state index >= 15 is 0 Å². The number of hydrogen-bond acceptors (Lipinski definition) is 2. The van der Waals surface area contributed by atoms with Gasteiger partial charge in [-0.2, -0.15) is 0 Å². The predicted octanol–water partition coefficient (Wildman–Crippen LogP) is 3.16. The molecular weight excluding hydrogens is 260 g/mol. The Morgan fingerprint density at radius 2 is 1.89 bits per heavy atom. The number of amides is 1. The molecule has 0 heterocycles. The van der Waals surface area contributed by atoms with E-state index in [1.165, 1.54) is 0 Å². The van der Waals surface area contributed by atoms with Crippen molar-refractivity contribution >= 4 is 23.2 Å². The van der Waals surface area contributed by atoms with Crippen LogP contribution in [0.1, 0.15) is 21.5 Å². The third-order valence-electron chi connectivity index (χ3n) is 2.74. The monoisotopic (exact) mass is 274 g/mol. The summed E-state index contributed by atoms with van der Waals surface area (Å²) >= 11 is 5.93. The van der Waals surface area contributed by atoms with Gasteiger partial charge in [-0.05, 0) is 48.4 Å². The van der Waals surface area contributed by atoms with Crippen molar-refractivity contribution in [3.8, 4) is 0 Å². The van der Waals surface area contributed by atoms with Crippen molar-refractivity contribution in [2.45, 2.75) is 13.5 Å². The molecule has 2 aromatic carbocycles. The molecular formula is C15H15ClN2O. The Labute approximate surface area is 117 Å². The SMILES string of the molecule is Cc1cc(Cl)cc(C(=O)NCc2ccc(N)cc2)c1. The molecule has 2 rings (SSSR count). The minimum atomic E-state index is -0.137. The highest BCUT2D eigenvalue weighted by molar-refractivity contribution is 6.31. The lowest BCUT2D eigenvalue weighted by molar-refractivity contribution is 0.0951. The lowest BCUT2D eigenvalue weighted by atomic mass is 10.1. The molecule has 0 fully saturated rings. The number of rotatable bonds is 3. The van der Waals surface area contributed by atoms with Gasteiger partial charge in [0.1, 0.15) is 0 Å². The van der Waals surface area contributed by atoms with E-state index in [1.807, 2.05) is 43.3 Å². The standard InChI is InChI=1S/C15H15ClN2O/c1-10-6-12(8-13(16)7-10)15(19)18-9-11-2-4-14(17)5-3-11/h2-8H,9,17H2,1H3,(H,18,19). The summed E-state index contributed by atoms with van der Waals surface area (Å²) in [6.45, 7) is 2.37. The maximum Gasteiger partial charge on any atom is 0.251 e. The lowest BCUT2D eigenvalue weighted by Gasteiger charge is -2.07. The number of carbonyl (C=O) groups excluding carboxylic acids is 1. The normalized spacial score (nSPS) is 10.2. The van der Waals surface area contributed by atoms with Crippen molar-refractivity contribution < 1.29 is 4.79 Å². The van der Waals surface area contributed by atoms with Gasteiger partial charge >= 0.3 is 0 Å². The number of nitrogens with one attached hydrogen (secondary N) is 1. The average Bonchev–Trinajstić information content (AvgIpc) is 2.36. The summed E-state index contributed by atoms with van der Waals surface area (Å²) in [6.07, 6.45) is 0. The van der Waals surface area contributed by atoms with Crippen molar-refractivity contribution in [2.24, 2.45) is 0 Å². The van der Waals surface area contributed by atoms with Gasteiger partial charge in [0.05, 0.1) is 0 Å². The number of nitrogens with two attached hydrogens (primary N) is 1. The Kier molecular flexibility index (Phi) is 4.07. The van der Waals surface area contributed by atoms with Gasteiger partial charge in [0, 0.05) is 22.8 Å². The molecule has 0 spiro atoms. The number of nitrogen functional groups attached to an aromatic ring is 1. The Bertz CT molecular complexity index is 573. The quantitative estimate of drug-likeness (QED) is 0.845. The first-order valence-corrected chi connectivity index (χ1v) is 6.32. The molecule has 2 aromatic rings. The van der Waals surface area contributed by atoms with E-state index in [9.17, 15) is 4.79 Å². The molecule has 0 radical (unpaired) electrons. The highest BCUT2D eigenvalue weighted by Gasteiger charge is 2.06. The van der Waals surface area contributed by atoms with E-state index in [2.05, 4.69) is 5.32 Å². The Morgan fingerprint density at radius 3 is 2.53 bits per heavy atom. The molecule has 0 saturated carbocycles. The van der Waals surface area contributed by atoms with Crippen molar-refractivity contribution in [3.63, 3.8) is 0 Å². The molecule has 4 heteroatoms. The zero-order valence-corrected chi connectivity index (χ0v) is 11.4. The van der Waals surface area contributed by atoms with Crippen molar-refractivity contribution in [1.29, 1.82) is 0 Å². The molecule has 19 heavy (non-hydrogen) atoms. The molecule has 0 aliphatic rings. The van der Waals surface area contributed by atoms with E-state index in [4.69, 9.17) is 17.3 Å². The fourth-order valence-corrected chi connectivity index (χ4v) is 2.08. The van der Waals surface area contributed by atoms with E-state index in [1.54, 1.807) is 6.07 Å². The molecule has 0 aliphatic carbocycles. The summed E-state index contributed by atoms with van der Waals surface area (Å²) in [6, 6.07) is 12.7. The number of hydrogen-bond donors (Lipinski definition) is 2. The number of carbonyl (C=O) groups is 1. The van der Waals surface area contributed by atoms with Crippen molar-refractivity contribution in [2.75, 3.05) is 5.73 Å². The van der Waals surface area contributed by atoms with E-state index in [0.29, 0.717) is 22.8 Å². The second kappa shape index (κ2) is 5.76. The third-order valence-corrected chi connectivity index (χ3v) is 2.96. The summed E-state index contributed by atoms with van der Waals surface area (Å²) in [4.78, 5) is 12.0. The van der Waals surface area contributed by atoms with Crippen LogP contribution in [0.5, 0.6) is 0 Å². The van der Waals surface area contributed by atoms with E-state index < -0.39 is 0 Å². The summed E-state index contributed by atoms with van der Waals surface area (Å²) in [5, 5.41) is 3.42. The summed E-state index contributed by atoms with van der Waals surface area (Å²) < 4.78 is 0. The lowest BCUT2D eigenvalue weighted by Crippen LogP contribution is -2.22. The van der Waals surface area contributed by atoms with Crippen LogP contribution in [0.15, 0.2) is 42.5 Å². The molecule has 0 bridgehead atoms. The minimum absolute atomic E-state index is 0.137. The average molecular weight is 275 g/mol. The first-order chi connectivity index (χ1) is 9.04. The van der Waals surface area contributed by atoms with Crippen molar-refractivity contribution in [3.05, 3.63) is 64.2 Å². The van der Waals surface area contributed by atoms with Gasteiger partial charge in [0.25, 0.3) is 5.91 Å². The Morgan fingerprint density at radius 1 is 1.21 bits per heavy atom. The topological polar surface area (TPSA) is 55.1 Å². The van der Waals surface area contributed by atoms with Crippen LogP contribution in [-0.2, 0) is 6.54 Å². The fraction of sp³-hybridized carbons (Fsp3) is 0.133. The Balaban J connectivity index is 2.03. The van der Waals surface area contributed by atoms with Crippen LogP contribution in [0.3, 0.4) is 0 Å². The van der Waals surface area contributed by atoms with E-state index in [-0.39, 0.29) is 5.91 Å². The van der Waals surface area contributed by atoms with Crippen LogP contribution in [0.25, 0.3) is 0 Å². The van der Waals surface area contributed by atoms with E-state index in [0.717, 1.165) is 11.1 Å². The zero-order chi connectivity index (χ0) is 13.8. The maximum atomic E-state index is 12.0. The summed E-state index contributed by atoms with van der Waals surface area (Å²) in [5.41, 5.74) is 8.85. The molecule has 0 unspecified atom stereocenters. The smallest absolute Gasteiger partial charge is 0.251 e. The summed E-state index contributed by atoms with van der Waals surface area (Å²) in [5.74, 6) is -0.137. The van der Waals surface area contributed by atoms with Gasteiger partial charge in [0.2, 0.25) is 0 Å². The number of halogens is 1. The predicted molar refractivity (Wildman–Crippen MR) is 78.2 cm³/mol. The van der Waals surface area contributed by atoms with Gasteiger partial charge in [-0.3, -0.25) is 4.79 Å². The van der Waals surface area contributed by atoms with Crippen LogP contribution in [-0.4, -0.2) is 5.91 Å². The molecule has 3 nitrogen and oxygen atoms in total. The van der Waals surface area contributed by atoms with Crippen LogP contribution in [0.2, 0.25) is 5.02 Å². The molecule has 0 saturated heterocycles. The van der Waals surface area contributed by atoms with Crippen molar-refractivity contribution in [1.82, 2.24) is 5.32 Å². The second-order valence-electron chi connectivity index (χ2n) is 4.44. The summed E-state index contributed by atoms with van der Waals surface area (Å²) in [7, 11) is 0. The molecule has 3 N–H and O–H groups in total. The van der Waals surface area contributed by atoms with Gasteiger partial charge < -0.3 is 11.1 Å². The third kappa shape index (κ3) is 3.73. The molecule has 0 aliphatic heterocycles. The van der Waals surface area contributed by atoms with Crippen LogP contribution < -0.4 is 11.1 Å². The highest BCUT2D eigenvalue weighted by Crippen LogP contribution is 2.14. The molecule has 0 atom stereocenters. The fourth-order valence-electron chi connectivity index (χ4n) is 1.79. The first kappa shape index (κ1) is 13.4. The van der Waals surface area contributed by atoms with Crippen LogP contribution in [0, 0.1) is 6.92 Å². The number of anilines is 1. The molecule has 98 valence electrons. The zero-order valence-electron chi connectivity index (χ0n) is 10.6. The first-order valence-electron chi connectivity index (χ1n) is 5.94. The number of benzene rings is 2. The minimum Gasteiger partial charge on any atom is -0.399 e. The van der Waals surface area contributed by atoms with Gasteiger partial charge in [-0.15, -0.1) is 0 Å². The number of aryl methyl sites for hydroxylation is 1. The second-order valence-corrected chi connectivity index (χ2v) is 4.88. The molecule has 1 amide bonds.